The molecule has 2 N–H and O–H groups in total. The van der Waals surface area contributed by atoms with Gasteiger partial charge >= 0.3 is 0 Å². The lowest BCUT2D eigenvalue weighted by atomic mass is 10.2. The SMILES string of the molecule is CC(CN)CSCc1coc(-c2cccs2)n1. The fraction of sp³-hybridized carbons (Fsp3) is 0.417. The summed E-state index contributed by atoms with van der Waals surface area (Å²) >= 11 is 3.49. The first-order chi connectivity index (χ1) is 8.29. The molecule has 5 heteroatoms. The third kappa shape index (κ3) is 3.59. The summed E-state index contributed by atoms with van der Waals surface area (Å²) in [6.07, 6.45) is 1.75. The minimum Gasteiger partial charge on any atom is -0.444 e. The second-order valence-corrected chi connectivity index (χ2v) is 5.96. The van der Waals surface area contributed by atoms with Gasteiger partial charge in [-0.15, -0.1) is 11.3 Å². The van der Waals surface area contributed by atoms with Crippen molar-refractivity contribution in [3.8, 4) is 10.8 Å². The third-order valence-corrected chi connectivity index (χ3v) is 4.50. The Morgan fingerprint density at radius 2 is 2.47 bits per heavy atom. The molecule has 0 aliphatic rings. The van der Waals surface area contributed by atoms with Gasteiger partial charge in [-0.25, -0.2) is 4.98 Å². The fourth-order valence-electron chi connectivity index (χ4n) is 1.32. The van der Waals surface area contributed by atoms with E-state index in [9.17, 15) is 0 Å². The van der Waals surface area contributed by atoms with Crippen molar-refractivity contribution in [2.24, 2.45) is 11.7 Å². The van der Waals surface area contributed by atoms with Crippen LogP contribution in [-0.4, -0.2) is 17.3 Å². The van der Waals surface area contributed by atoms with E-state index in [-0.39, 0.29) is 0 Å². The standard InChI is InChI=1S/C12H16N2OS2/c1-9(5-13)7-16-8-10-6-15-12(14-10)11-3-2-4-17-11/h2-4,6,9H,5,7-8,13H2,1H3. The minimum atomic E-state index is 0.559. The molecule has 0 aliphatic heterocycles. The van der Waals surface area contributed by atoms with E-state index >= 15 is 0 Å². The predicted octanol–water partition coefficient (Wildman–Crippen LogP) is 3.23. The zero-order valence-corrected chi connectivity index (χ0v) is 11.4. The number of nitrogens with zero attached hydrogens (tertiary/aromatic N) is 1. The molecule has 0 bridgehead atoms. The van der Waals surface area contributed by atoms with Gasteiger partial charge in [0, 0.05) is 5.75 Å². The summed E-state index contributed by atoms with van der Waals surface area (Å²) in [5.41, 5.74) is 6.58. The smallest absolute Gasteiger partial charge is 0.236 e. The zero-order chi connectivity index (χ0) is 12.1. The summed E-state index contributed by atoms with van der Waals surface area (Å²) in [6, 6.07) is 4.02. The number of aromatic nitrogens is 1. The molecule has 2 heterocycles. The second-order valence-electron chi connectivity index (χ2n) is 3.98. The lowest BCUT2D eigenvalue weighted by Crippen LogP contribution is -2.12. The average molecular weight is 268 g/mol. The summed E-state index contributed by atoms with van der Waals surface area (Å²) in [5.74, 6) is 3.24. The van der Waals surface area contributed by atoms with E-state index in [1.165, 1.54) is 0 Å². The van der Waals surface area contributed by atoms with Gasteiger partial charge in [0.05, 0.1) is 10.6 Å². The monoisotopic (exact) mass is 268 g/mol. The molecule has 0 spiro atoms. The third-order valence-electron chi connectivity index (χ3n) is 2.34. The van der Waals surface area contributed by atoms with Crippen LogP contribution < -0.4 is 5.73 Å². The Morgan fingerprint density at radius 3 is 3.18 bits per heavy atom. The summed E-state index contributed by atoms with van der Waals surface area (Å²) in [6.45, 7) is 2.90. The quantitative estimate of drug-likeness (QED) is 0.874. The molecule has 0 saturated carbocycles. The van der Waals surface area contributed by atoms with E-state index in [1.807, 2.05) is 29.3 Å². The van der Waals surface area contributed by atoms with Gasteiger partial charge in [-0.3, -0.25) is 0 Å². The van der Waals surface area contributed by atoms with E-state index in [0.29, 0.717) is 5.92 Å². The Labute approximate surface area is 109 Å². The van der Waals surface area contributed by atoms with Crippen LogP contribution in [0.25, 0.3) is 10.8 Å². The molecular weight excluding hydrogens is 252 g/mol. The Kier molecular flexibility index (Phi) is 4.65. The topological polar surface area (TPSA) is 52.0 Å². The highest BCUT2D eigenvalue weighted by Gasteiger charge is 2.08. The molecule has 0 fully saturated rings. The molecule has 0 aromatic carbocycles. The van der Waals surface area contributed by atoms with Crippen LogP contribution in [0.1, 0.15) is 12.6 Å². The fourth-order valence-corrected chi connectivity index (χ4v) is 2.97. The summed E-state index contributed by atoms with van der Waals surface area (Å²) < 4.78 is 5.45. The molecule has 0 saturated heterocycles. The highest BCUT2D eigenvalue weighted by atomic mass is 32.2. The molecule has 0 amide bonds. The van der Waals surface area contributed by atoms with Crippen molar-refractivity contribution in [3.63, 3.8) is 0 Å². The highest BCUT2D eigenvalue weighted by Crippen LogP contribution is 2.25. The number of thiophene rings is 1. The highest BCUT2D eigenvalue weighted by molar-refractivity contribution is 7.98. The van der Waals surface area contributed by atoms with Crippen LogP contribution in [0, 0.1) is 5.92 Å². The normalized spacial score (nSPS) is 12.8. The van der Waals surface area contributed by atoms with Gasteiger partial charge in [0.1, 0.15) is 6.26 Å². The van der Waals surface area contributed by atoms with Crippen LogP contribution in [0.4, 0.5) is 0 Å². The molecule has 2 aromatic rings. The number of hydrogen-bond acceptors (Lipinski definition) is 5. The molecule has 1 atom stereocenters. The van der Waals surface area contributed by atoms with Gasteiger partial charge in [-0.2, -0.15) is 11.8 Å². The van der Waals surface area contributed by atoms with Crippen molar-refractivity contribution in [1.29, 1.82) is 0 Å². The number of rotatable bonds is 6. The van der Waals surface area contributed by atoms with Crippen molar-refractivity contribution in [2.75, 3.05) is 12.3 Å². The molecule has 0 radical (unpaired) electrons. The lowest BCUT2D eigenvalue weighted by Gasteiger charge is -2.05. The molecule has 17 heavy (non-hydrogen) atoms. The van der Waals surface area contributed by atoms with Crippen molar-refractivity contribution in [1.82, 2.24) is 4.98 Å². The molecule has 3 nitrogen and oxygen atoms in total. The van der Waals surface area contributed by atoms with Crippen LogP contribution in [0.2, 0.25) is 0 Å². The van der Waals surface area contributed by atoms with Crippen LogP contribution >= 0.6 is 23.1 Å². The first-order valence-electron chi connectivity index (χ1n) is 5.55. The second kappa shape index (κ2) is 6.23. The molecule has 0 aliphatic carbocycles. The summed E-state index contributed by atoms with van der Waals surface area (Å²) in [5, 5.41) is 2.02. The maximum atomic E-state index is 5.57. The number of hydrogen-bond donors (Lipinski definition) is 1. The summed E-state index contributed by atoms with van der Waals surface area (Å²) in [4.78, 5) is 5.55. The van der Waals surface area contributed by atoms with Gasteiger partial charge in [0.25, 0.3) is 0 Å². The van der Waals surface area contributed by atoms with Crippen molar-refractivity contribution in [2.45, 2.75) is 12.7 Å². The average Bonchev–Trinajstić information content (AvgIpc) is 2.98. The van der Waals surface area contributed by atoms with Crippen molar-refractivity contribution >= 4 is 23.1 Å². The van der Waals surface area contributed by atoms with Crippen LogP contribution in [0.3, 0.4) is 0 Å². The Hall–Kier alpha value is -0.780. The summed E-state index contributed by atoms with van der Waals surface area (Å²) in [7, 11) is 0. The van der Waals surface area contributed by atoms with Gasteiger partial charge in [-0.05, 0) is 29.7 Å². The zero-order valence-electron chi connectivity index (χ0n) is 9.76. The Balaban J connectivity index is 1.87. The van der Waals surface area contributed by atoms with Crippen molar-refractivity contribution < 1.29 is 4.42 Å². The molecule has 2 aromatic heterocycles. The van der Waals surface area contributed by atoms with E-state index in [0.717, 1.165) is 34.5 Å². The van der Waals surface area contributed by atoms with Gasteiger partial charge in [-0.1, -0.05) is 13.0 Å². The van der Waals surface area contributed by atoms with E-state index < -0.39 is 0 Å². The molecule has 1 unspecified atom stereocenters. The lowest BCUT2D eigenvalue weighted by molar-refractivity contribution is 0.575. The maximum Gasteiger partial charge on any atom is 0.236 e. The number of thioether (sulfide) groups is 1. The van der Waals surface area contributed by atoms with E-state index in [2.05, 4.69) is 11.9 Å². The Bertz CT molecular complexity index is 439. The molecular formula is C12H16N2OS2. The number of nitrogens with two attached hydrogens (primary N) is 1. The van der Waals surface area contributed by atoms with E-state index in [1.54, 1.807) is 17.6 Å². The number of oxazole rings is 1. The van der Waals surface area contributed by atoms with Gasteiger partial charge < -0.3 is 10.2 Å². The van der Waals surface area contributed by atoms with Gasteiger partial charge in [0.15, 0.2) is 0 Å². The first kappa shape index (κ1) is 12.7. The van der Waals surface area contributed by atoms with Gasteiger partial charge in [0.2, 0.25) is 5.89 Å². The largest absolute Gasteiger partial charge is 0.444 e. The van der Waals surface area contributed by atoms with Crippen LogP contribution in [0.5, 0.6) is 0 Å². The first-order valence-corrected chi connectivity index (χ1v) is 7.59. The predicted molar refractivity (Wildman–Crippen MR) is 74.2 cm³/mol. The molecule has 2 rings (SSSR count). The Morgan fingerprint density at radius 1 is 1.59 bits per heavy atom. The maximum absolute atomic E-state index is 5.57. The van der Waals surface area contributed by atoms with E-state index in [4.69, 9.17) is 10.2 Å². The van der Waals surface area contributed by atoms with Crippen molar-refractivity contribution in [3.05, 3.63) is 29.5 Å². The molecule has 92 valence electrons. The minimum absolute atomic E-state index is 0.559. The van der Waals surface area contributed by atoms with Crippen LogP contribution in [0.15, 0.2) is 28.2 Å². The van der Waals surface area contributed by atoms with Crippen LogP contribution in [-0.2, 0) is 5.75 Å².